The van der Waals surface area contributed by atoms with Gasteiger partial charge < -0.3 is 20.1 Å². The quantitative estimate of drug-likeness (QED) is 0.465. The lowest BCUT2D eigenvalue weighted by atomic mass is 9.96. The number of piperidine rings is 1. The van der Waals surface area contributed by atoms with Crippen LogP contribution >= 0.6 is 0 Å². The van der Waals surface area contributed by atoms with E-state index in [1.807, 2.05) is 36.4 Å². The minimum absolute atomic E-state index is 0.184. The van der Waals surface area contributed by atoms with Gasteiger partial charge in [-0.2, -0.15) is 0 Å². The van der Waals surface area contributed by atoms with Gasteiger partial charge in [-0.05, 0) is 60.4 Å². The van der Waals surface area contributed by atoms with Crippen LogP contribution in [0.3, 0.4) is 0 Å². The molecule has 0 radical (unpaired) electrons. The number of ether oxygens (including phenoxy) is 1. The highest BCUT2D eigenvalue weighted by Crippen LogP contribution is 2.39. The highest BCUT2D eigenvalue weighted by molar-refractivity contribution is 7.89. The van der Waals surface area contributed by atoms with E-state index in [4.69, 9.17) is 0 Å². The molecular formula is C26H26F3N3O4S. The molecule has 3 N–H and O–H groups in total. The topological polar surface area (TPSA) is 90.9 Å². The average molecular weight is 534 g/mol. The summed E-state index contributed by atoms with van der Waals surface area (Å²) in [6, 6.07) is 18.5. The van der Waals surface area contributed by atoms with E-state index in [1.165, 1.54) is 0 Å². The number of hydrogen-bond donors (Lipinski definition) is 3. The number of aliphatic hydroxyl groups is 1. The molecule has 1 fully saturated rings. The SMILES string of the molecule is O=S(=O)(N[C@@H]1CNC[C@H](N2c3ccccc3CCc3ccccc32)[C@H]1O)c1ccc(OC(F)(F)F)cc1. The Morgan fingerprint density at radius 1 is 0.892 bits per heavy atom. The van der Waals surface area contributed by atoms with Crippen molar-refractivity contribution in [2.45, 2.75) is 42.3 Å². The number of sulfonamides is 1. The normalized spacial score (nSPS) is 22.1. The predicted octanol–water partition coefficient (Wildman–Crippen LogP) is 3.50. The van der Waals surface area contributed by atoms with Crippen LogP contribution < -0.4 is 19.7 Å². The van der Waals surface area contributed by atoms with Gasteiger partial charge in [0.2, 0.25) is 10.0 Å². The molecule has 196 valence electrons. The monoisotopic (exact) mass is 533 g/mol. The molecule has 3 aromatic carbocycles. The standard InChI is InChI=1S/C26H26F3N3O4S/c27-26(28,29)36-19-11-13-20(14-12-19)37(34,35)31-21-15-30-16-24(25(21)33)32-22-7-3-1-5-17(22)9-10-18-6-2-4-8-23(18)32/h1-8,11-14,21,24-25,30-31,33H,9-10,15-16H2/t21-,24+,25+/m1/s1. The van der Waals surface area contributed by atoms with Gasteiger partial charge in [-0.1, -0.05) is 36.4 Å². The molecule has 37 heavy (non-hydrogen) atoms. The zero-order valence-corrected chi connectivity index (χ0v) is 20.5. The number of halogens is 3. The lowest BCUT2D eigenvalue weighted by molar-refractivity contribution is -0.274. The number of hydrogen-bond acceptors (Lipinski definition) is 6. The molecule has 7 nitrogen and oxygen atoms in total. The molecule has 3 atom stereocenters. The van der Waals surface area contributed by atoms with Crippen molar-refractivity contribution in [3.05, 3.63) is 83.9 Å². The fourth-order valence-corrected chi connectivity index (χ4v) is 6.26. The molecule has 5 rings (SSSR count). The maximum absolute atomic E-state index is 13.1. The van der Waals surface area contributed by atoms with Gasteiger partial charge in [0.15, 0.2) is 0 Å². The van der Waals surface area contributed by atoms with Crippen LogP contribution in [0.2, 0.25) is 0 Å². The minimum atomic E-state index is -4.88. The van der Waals surface area contributed by atoms with Crippen molar-refractivity contribution in [3.63, 3.8) is 0 Å². The van der Waals surface area contributed by atoms with E-state index >= 15 is 0 Å². The van der Waals surface area contributed by atoms with Gasteiger partial charge in [-0.25, -0.2) is 13.1 Å². The van der Waals surface area contributed by atoms with Gasteiger partial charge in [0, 0.05) is 24.5 Å². The molecule has 2 heterocycles. The van der Waals surface area contributed by atoms with E-state index in [-0.39, 0.29) is 11.4 Å². The van der Waals surface area contributed by atoms with E-state index in [1.54, 1.807) is 0 Å². The molecule has 1 saturated heterocycles. The Balaban J connectivity index is 1.41. The van der Waals surface area contributed by atoms with E-state index in [2.05, 4.69) is 31.8 Å². The molecule has 0 saturated carbocycles. The van der Waals surface area contributed by atoms with Gasteiger partial charge in [-0.15, -0.1) is 13.2 Å². The summed E-state index contributed by atoms with van der Waals surface area (Å²) in [5.41, 5.74) is 4.19. The number of aryl methyl sites for hydroxylation is 2. The Kier molecular flexibility index (Phi) is 6.88. The molecule has 2 aliphatic rings. The number of nitrogens with zero attached hydrogens (tertiary/aromatic N) is 1. The van der Waals surface area contributed by atoms with Crippen LogP contribution in [0.15, 0.2) is 77.7 Å². The molecule has 11 heteroatoms. The third kappa shape index (κ3) is 5.45. The first kappa shape index (κ1) is 25.5. The molecule has 0 unspecified atom stereocenters. The van der Waals surface area contributed by atoms with Gasteiger partial charge in [0.25, 0.3) is 0 Å². The molecule has 0 amide bonds. The highest BCUT2D eigenvalue weighted by atomic mass is 32.2. The Morgan fingerprint density at radius 3 is 2.03 bits per heavy atom. The lowest BCUT2D eigenvalue weighted by Crippen LogP contribution is -2.64. The van der Waals surface area contributed by atoms with Gasteiger partial charge in [0.05, 0.1) is 23.1 Å². The third-order valence-corrected chi connectivity index (χ3v) is 8.20. The molecular weight excluding hydrogens is 507 g/mol. The number of rotatable bonds is 5. The smallest absolute Gasteiger partial charge is 0.406 e. The number of fused-ring (bicyclic) bond motifs is 2. The summed E-state index contributed by atoms with van der Waals surface area (Å²) >= 11 is 0. The summed E-state index contributed by atoms with van der Waals surface area (Å²) in [6.07, 6.45) is -4.28. The summed E-state index contributed by atoms with van der Waals surface area (Å²) in [7, 11) is -4.14. The largest absolute Gasteiger partial charge is 0.573 e. The number of alkyl halides is 3. The Bertz CT molecular complexity index is 1320. The van der Waals surface area contributed by atoms with Crippen molar-refractivity contribution < 1.29 is 31.4 Å². The van der Waals surface area contributed by atoms with Crippen LogP contribution in [-0.4, -0.2) is 51.2 Å². The fourth-order valence-electron chi connectivity index (χ4n) is 5.01. The first-order valence-electron chi connectivity index (χ1n) is 11.8. The van der Waals surface area contributed by atoms with E-state index in [9.17, 15) is 26.7 Å². The second-order valence-electron chi connectivity index (χ2n) is 9.09. The number of para-hydroxylation sites is 2. The van der Waals surface area contributed by atoms with Crippen molar-refractivity contribution in [2.24, 2.45) is 0 Å². The lowest BCUT2D eigenvalue weighted by Gasteiger charge is -2.43. The van der Waals surface area contributed by atoms with Crippen LogP contribution in [0.5, 0.6) is 5.75 Å². The summed E-state index contributed by atoms with van der Waals surface area (Å²) in [5.74, 6) is -0.524. The first-order chi connectivity index (χ1) is 17.6. The maximum Gasteiger partial charge on any atom is 0.573 e. The Hall–Kier alpha value is -3.12. The summed E-state index contributed by atoms with van der Waals surface area (Å²) in [4.78, 5) is 1.85. The zero-order valence-electron chi connectivity index (χ0n) is 19.6. The van der Waals surface area contributed by atoms with E-state index < -0.39 is 40.3 Å². The van der Waals surface area contributed by atoms with Crippen molar-refractivity contribution >= 4 is 21.4 Å². The number of aliphatic hydroxyl groups excluding tert-OH is 1. The minimum Gasteiger partial charge on any atom is -0.406 e. The van der Waals surface area contributed by atoms with Crippen LogP contribution in [0.25, 0.3) is 0 Å². The summed E-state index contributed by atoms with van der Waals surface area (Å²) < 4.78 is 69.8. The van der Waals surface area contributed by atoms with Crippen LogP contribution in [-0.2, 0) is 22.9 Å². The summed E-state index contributed by atoms with van der Waals surface area (Å²) in [5, 5.41) is 14.7. The number of benzene rings is 3. The summed E-state index contributed by atoms with van der Waals surface area (Å²) in [6.45, 7) is 0.606. The van der Waals surface area contributed by atoms with E-state index in [0.717, 1.165) is 59.6 Å². The molecule has 0 bridgehead atoms. The van der Waals surface area contributed by atoms with Crippen LogP contribution in [0, 0.1) is 0 Å². The van der Waals surface area contributed by atoms with Gasteiger partial charge >= 0.3 is 6.36 Å². The van der Waals surface area contributed by atoms with Crippen LogP contribution in [0.1, 0.15) is 11.1 Å². The van der Waals surface area contributed by atoms with Crippen LogP contribution in [0.4, 0.5) is 24.5 Å². The Morgan fingerprint density at radius 2 is 1.46 bits per heavy atom. The first-order valence-corrected chi connectivity index (χ1v) is 13.3. The number of nitrogens with one attached hydrogen (secondary N) is 2. The second kappa shape index (κ2) is 9.97. The molecule has 2 aliphatic heterocycles. The second-order valence-corrected chi connectivity index (χ2v) is 10.8. The van der Waals surface area contributed by atoms with Crippen molar-refractivity contribution in [3.8, 4) is 5.75 Å². The molecule has 0 aromatic heterocycles. The molecule has 0 spiro atoms. The maximum atomic E-state index is 13.1. The van der Waals surface area contributed by atoms with Gasteiger partial charge in [-0.3, -0.25) is 0 Å². The molecule has 3 aromatic rings. The third-order valence-electron chi connectivity index (χ3n) is 6.70. The van der Waals surface area contributed by atoms with Crippen molar-refractivity contribution in [2.75, 3.05) is 18.0 Å². The van der Waals surface area contributed by atoms with Gasteiger partial charge in [0.1, 0.15) is 5.75 Å². The van der Waals surface area contributed by atoms with Crippen molar-refractivity contribution in [1.82, 2.24) is 10.0 Å². The van der Waals surface area contributed by atoms with Crippen molar-refractivity contribution in [1.29, 1.82) is 0 Å². The highest BCUT2D eigenvalue weighted by Gasteiger charge is 2.40. The zero-order chi connectivity index (χ0) is 26.2. The van der Waals surface area contributed by atoms with E-state index in [0.29, 0.717) is 6.54 Å². The fraction of sp³-hybridized carbons (Fsp3) is 0.308. The molecule has 0 aliphatic carbocycles. The predicted molar refractivity (Wildman–Crippen MR) is 132 cm³/mol. The average Bonchev–Trinajstić information content (AvgIpc) is 3.02. The Labute approximate surface area is 212 Å². The number of anilines is 2.